The molecule has 0 radical (unpaired) electrons. The first-order valence-corrected chi connectivity index (χ1v) is 7.15. The average Bonchev–Trinajstić information content (AvgIpc) is 2.92. The van der Waals surface area contributed by atoms with Crippen molar-refractivity contribution in [2.75, 3.05) is 17.7 Å². The van der Waals surface area contributed by atoms with Crippen molar-refractivity contribution >= 4 is 39.7 Å². The van der Waals surface area contributed by atoms with E-state index in [1.165, 1.54) is 30.6 Å². The van der Waals surface area contributed by atoms with E-state index in [1.54, 1.807) is 12.3 Å². The summed E-state index contributed by atoms with van der Waals surface area (Å²) >= 11 is 1.19. The minimum Gasteiger partial charge on any atom is -0.494 e. The number of aromatic nitrogens is 1. The lowest BCUT2D eigenvalue weighted by Crippen LogP contribution is -2.29. The summed E-state index contributed by atoms with van der Waals surface area (Å²) < 4.78 is 4.98. The van der Waals surface area contributed by atoms with E-state index in [0.717, 1.165) is 11.8 Å². The number of nitro groups is 1. The molecule has 0 spiro atoms. The van der Waals surface area contributed by atoms with Gasteiger partial charge in [-0.1, -0.05) is 0 Å². The van der Waals surface area contributed by atoms with Crippen LogP contribution in [0, 0.1) is 17.0 Å². The van der Waals surface area contributed by atoms with E-state index in [4.69, 9.17) is 4.74 Å². The van der Waals surface area contributed by atoms with Crippen LogP contribution in [0.4, 0.5) is 16.5 Å². The number of amides is 2. The Morgan fingerprint density at radius 2 is 2.00 bits per heavy atom. The Labute approximate surface area is 134 Å². The summed E-state index contributed by atoms with van der Waals surface area (Å²) in [7, 11) is 1.30. The zero-order chi connectivity index (χ0) is 17.0. The molecule has 0 fully saturated rings. The van der Waals surface area contributed by atoms with Gasteiger partial charge in [0, 0.05) is 11.4 Å². The van der Waals surface area contributed by atoms with Crippen LogP contribution < -0.4 is 15.4 Å². The van der Waals surface area contributed by atoms with Crippen molar-refractivity contribution < 1.29 is 19.2 Å². The standard InChI is InChI=1S/C13H12N4O5S/c1-7-6-23-13(14-7)16-12(19)11(18)15-9-4-3-8(17(20)21)5-10(9)22-2/h3-6H,1-2H3,(H,15,18)(H,14,16,19). The third-order valence-corrected chi connectivity index (χ3v) is 3.57. The molecule has 0 unspecified atom stereocenters. The van der Waals surface area contributed by atoms with Crippen LogP contribution in [0.2, 0.25) is 0 Å². The molecule has 1 aromatic carbocycles. The molecule has 0 aliphatic heterocycles. The predicted molar refractivity (Wildman–Crippen MR) is 83.8 cm³/mol. The molecule has 10 heteroatoms. The minimum absolute atomic E-state index is 0.0745. The van der Waals surface area contributed by atoms with E-state index in [0.29, 0.717) is 5.13 Å². The highest BCUT2D eigenvalue weighted by Gasteiger charge is 2.19. The van der Waals surface area contributed by atoms with Crippen LogP contribution in [0.1, 0.15) is 5.69 Å². The van der Waals surface area contributed by atoms with Gasteiger partial charge in [0.25, 0.3) is 5.69 Å². The lowest BCUT2D eigenvalue weighted by Gasteiger charge is -2.09. The Hall–Kier alpha value is -3.01. The maximum absolute atomic E-state index is 11.9. The van der Waals surface area contributed by atoms with E-state index >= 15 is 0 Å². The molecule has 0 atom stereocenters. The fourth-order valence-electron chi connectivity index (χ4n) is 1.64. The van der Waals surface area contributed by atoms with Gasteiger partial charge in [0.15, 0.2) is 5.13 Å². The number of hydrogen-bond donors (Lipinski definition) is 2. The van der Waals surface area contributed by atoms with Gasteiger partial charge >= 0.3 is 11.8 Å². The average molecular weight is 336 g/mol. The number of rotatable bonds is 4. The van der Waals surface area contributed by atoms with E-state index < -0.39 is 16.7 Å². The maximum Gasteiger partial charge on any atom is 0.315 e. The molecular weight excluding hydrogens is 324 g/mol. The number of nitro benzene ring substituents is 1. The Bertz CT molecular complexity index is 773. The molecule has 0 saturated carbocycles. The second kappa shape index (κ2) is 6.83. The third-order valence-electron chi connectivity index (χ3n) is 2.69. The lowest BCUT2D eigenvalue weighted by atomic mass is 10.2. The van der Waals surface area contributed by atoms with Crippen molar-refractivity contribution in [1.29, 1.82) is 0 Å². The molecule has 120 valence electrons. The number of non-ortho nitro benzene ring substituents is 1. The number of aryl methyl sites for hydroxylation is 1. The van der Waals surface area contributed by atoms with Crippen LogP contribution in [0.25, 0.3) is 0 Å². The Morgan fingerprint density at radius 3 is 2.57 bits per heavy atom. The SMILES string of the molecule is COc1cc([N+](=O)[O-])ccc1NC(=O)C(=O)Nc1nc(C)cs1. The molecule has 2 N–H and O–H groups in total. The van der Waals surface area contributed by atoms with Gasteiger partial charge in [0.05, 0.1) is 29.5 Å². The molecule has 2 rings (SSSR count). The number of ether oxygens (including phenoxy) is 1. The topological polar surface area (TPSA) is 123 Å². The summed E-state index contributed by atoms with van der Waals surface area (Å²) in [6.07, 6.45) is 0. The van der Waals surface area contributed by atoms with Crippen molar-refractivity contribution in [2.45, 2.75) is 6.92 Å². The van der Waals surface area contributed by atoms with Crippen LogP contribution in [-0.4, -0.2) is 28.8 Å². The van der Waals surface area contributed by atoms with Gasteiger partial charge in [-0.25, -0.2) is 4.98 Å². The fourth-order valence-corrected chi connectivity index (χ4v) is 2.32. The molecule has 0 aliphatic carbocycles. The summed E-state index contributed by atoms with van der Waals surface area (Å²) in [6, 6.07) is 3.63. The van der Waals surface area contributed by atoms with Crippen LogP contribution in [-0.2, 0) is 9.59 Å². The molecule has 9 nitrogen and oxygen atoms in total. The fraction of sp³-hybridized carbons (Fsp3) is 0.154. The van der Waals surface area contributed by atoms with Crippen LogP contribution in [0.3, 0.4) is 0 Å². The number of benzene rings is 1. The summed E-state index contributed by atoms with van der Waals surface area (Å²) in [5.74, 6) is -1.77. The van der Waals surface area contributed by atoms with E-state index in [1.807, 2.05) is 0 Å². The first-order chi connectivity index (χ1) is 10.9. The minimum atomic E-state index is -0.940. The molecule has 0 bridgehead atoms. The first-order valence-electron chi connectivity index (χ1n) is 6.27. The smallest absolute Gasteiger partial charge is 0.315 e. The predicted octanol–water partition coefficient (Wildman–Crippen LogP) is 1.95. The monoisotopic (exact) mass is 336 g/mol. The van der Waals surface area contributed by atoms with Gasteiger partial charge < -0.3 is 10.1 Å². The first kappa shape index (κ1) is 16.4. The molecule has 0 aliphatic rings. The van der Waals surface area contributed by atoms with Crippen LogP contribution in [0.5, 0.6) is 5.75 Å². The Kier molecular flexibility index (Phi) is 4.86. The molecule has 2 aromatic rings. The number of nitrogens with zero attached hydrogens (tertiary/aromatic N) is 2. The maximum atomic E-state index is 11.9. The molecular formula is C13H12N4O5S. The van der Waals surface area contributed by atoms with Crippen LogP contribution >= 0.6 is 11.3 Å². The highest BCUT2D eigenvalue weighted by molar-refractivity contribution is 7.14. The number of hydrogen-bond acceptors (Lipinski definition) is 7. The Balaban J connectivity index is 2.10. The Morgan fingerprint density at radius 1 is 1.30 bits per heavy atom. The van der Waals surface area contributed by atoms with E-state index in [-0.39, 0.29) is 17.1 Å². The second-order valence-corrected chi connectivity index (χ2v) is 5.20. The van der Waals surface area contributed by atoms with Crippen molar-refractivity contribution in [1.82, 2.24) is 4.98 Å². The van der Waals surface area contributed by atoms with Gasteiger partial charge in [-0.2, -0.15) is 0 Å². The van der Waals surface area contributed by atoms with Crippen molar-refractivity contribution in [3.8, 4) is 5.75 Å². The van der Waals surface area contributed by atoms with Crippen molar-refractivity contribution in [2.24, 2.45) is 0 Å². The molecule has 0 saturated heterocycles. The zero-order valence-electron chi connectivity index (χ0n) is 12.2. The van der Waals surface area contributed by atoms with Gasteiger partial charge in [-0.15, -0.1) is 11.3 Å². The quantitative estimate of drug-likeness (QED) is 0.499. The summed E-state index contributed by atoms with van der Waals surface area (Å²) in [5, 5.41) is 17.4. The molecule has 2 amide bonds. The zero-order valence-corrected chi connectivity index (χ0v) is 13.0. The molecule has 1 aromatic heterocycles. The number of anilines is 2. The van der Waals surface area contributed by atoms with Gasteiger partial charge in [-0.05, 0) is 13.0 Å². The van der Waals surface area contributed by atoms with Gasteiger partial charge in [0.2, 0.25) is 0 Å². The van der Waals surface area contributed by atoms with Crippen molar-refractivity contribution in [3.63, 3.8) is 0 Å². The van der Waals surface area contributed by atoms with Crippen LogP contribution in [0.15, 0.2) is 23.6 Å². The largest absolute Gasteiger partial charge is 0.494 e. The van der Waals surface area contributed by atoms with Crippen molar-refractivity contribution in [3.05, 3.63) is 39.4 Å². The van der Waals surface area contributed by atoms with Gasteiger partial charge in [-0.3, -0.25) is 25.0 Å². The number of carbonyl (C=O) groups excluding carboxylic acids is 2. The number of methoxy groups -OCH3 is 1. The highest BCUT2D eigenvalue weighted by Crippen LogP contribution is 2.29. The lowest BCUT2D eigenvalue weighted by molar-refractivity contribution is -0.384. The molecule has 23 heavy (non-hydrogen) atoms. The highest BCUT2D eigenvalue weighted by atomic mass is 32.1. The number of thiazole rings is 1. The molecule has 1 heterocycles. The number of carbonyl (C=O) groups is 2. The summed E-state index contributed by atoms with van der Waals surface area (Å²) in [4.78, 5) is 37.8. The second-order valence-electron chi connectivity index (χ2n) is 4.34. The third kappa shape index (κ3) is 4.01. The van der Waals surface area contributed by atoms with Gasteiger partial charge in [0.1, 0.15) is 5.75 Å². The van der Waals surface area contributed by atoms with E-state index in [9.17, 15) is 19.7 Å². The number of nitrogens with one attached hydrogen (secondary N) is 2. The summed E-state index contributed by atoms with van der Waals surface area (Å²) in [6.45, 7) is 1.76. The normalized spacial score (nSPS) is 10.0. The summed E-state index contributed by atoms with van der Waals surface area (Å²) in [5.41, 5.74) is 0.680. The van der Waals surface area contributed by atoms with E-state index in [2.05, 4.69) is 15.6 Å².